The van der Waals surface area contributed by atoms with E-state index in [2.05, 4.69) is 4.90 Å². The molecular weight excluding hydrogens is 283 g/mol. The Morgan fingerprint density at radius 1 is 1.26 bits per heavy atom. The zero-order valence-electron chi connectivity index (χ0n) is 10.9. The molecule has 0 spiro atoms. The summed E-state index contributed by atoms with van der Waals surface area (Å²) in [5.74, 6) is 0.483. The van der Waals surface area contributed by atoms with Crippen LogP contribution in [0, 0.1) is 5.92 Å². The molecule has 0 radical (unpaired) electrons. The molecule has 5 heteroatoms. The zero-order chi connectivity index (χ0) is 13.8. The van der Waals surface area contributed by atoms with E-state index in [0.717, 1.165) is 38.0 Å². The number of rotatable bonds is 4. The van der Waals surface area contributed by atoms with Crippen LogP contribution in [0.15, 0.2) is 18.2 Å². The maximum atomic E-state index is 9.06. The summed E-state index contributed by atoms with van der Waals surface area (Å²) in [6.45, 7) is 2.93. The van der Waals surface area contributed by atoms with Crippen molar-refractivity contribution in [3.8, 4) is 0 Å². The van der Waals surface area contributed by atoms with Crippen molar-refractivity contribution in [2.24, 2.45) is 11.7 Å². The SMILES string of the molecule is NC1CC(CCO)CN(Cc2ccc(Cl)c(Cl)c2)C1. The number of piperidine rings is 1. The fourth-order valence-electron chi connectivity index (χ4n) is 2.77. The molecule has 1 fully saturated rings. The van der Waals surface area contributed by atoms with Crippen molar-refractivity contribution >= 4 is 23.2 Å². The van der Waals surface area contributed by atoms with Crippen molar-refractivity contribution in [3.63, 3.8) is 0 Å². The van der Waals surface area contributed by atoms with Gasteiger partial charge in [0.15, 0.2) is 0 Å². The summed E-state index contributed by atoms with van der Waals surface area (Å²) in [7, 11) is 0. The van der Waals surface area contributed by atoms with E-state index in [-0.39, 0.29) is 12.6 Å². The van der Waals surface area contributed by atoms with Crippen LogP contribution in [0.2, 0.25) is 10.0 Å². The minimum absolute atomic E-state index is 0.188. The lowest BCUT2D eigenvalue weighted by molar-refractivity contribution is 0.128. The van der Waals surface area contributed by atoms with Gasteiger partial charge in [0.25, 0.3) is 0 Å². The van der Waals surface area contributed by atoms with Gasteiger partial charge in [0.05, 0.1) is 10.0 Å². The Balaban J connectivity index is 1.99. The number of hydrogen-bond acceptors (Lipinski definition) is 3. The normalized spacial score (nSPS) is 24.6. The lowest BCUT2D eigenvalue weighted by Gasteiger charge is -2.36. The Hall–Kier alpha value is -0.320. The molecule has 1 heterocycles. The molecule has 0 saturated carbocycles. The highest BCUT2D eigenvalue weighted by atomic mass is 35.5. The molecule has 1 aromatic rings. The number of aliphatic hydroxyl groups is 1. The first-order valence-corrected chi connectivity index (χ1v) is 7.36. The highest BCUT2D eigenvalue weighted by Gasteiger charge is 2.24. The van der Waals surface area contributed by atoms with E-state index in [1.54, 1.807) is 0 Å². The van der Waals surface area contributed by atoms with Crippen LogP contribution in [-0.2, 0) is 6.54 Å². The van der Waals surface area contributed by atoms with Gasteiger partial charge < -0.3 is 10.8 Å². The van der Waals surface area contributed by atoms with Crippen LogP contribution in [0.5, 0.6) is 0 Å². The third-order valence-electron chi connectivity index (χ3n) is 3.57. The number of nitrogens with zero attached hydrogens (tertiary/aromatic N) is 1. The molecule has 2 rings (SSSR count). The highest BCUT2D eigenvalue weighted by Crippen LogP contribution is 2.25. The first-order valence-electron chi connectivity index (χ1n) is 6.61. The van der Waals surface area contributed by atoms with Crippen LogP contribution in [0.1, 0.15) is 18.4 Å². The monoisotopic (exact) mass is 302 g/mol. The second-order valence-electron chi connectivity index (χ2n) is 5.32. The number of aliphatic hydroxyl groups excluding tert-OH is 1. The Morgan fingerprint density at radius 2 is 2.05 bits per heavy atom. The smallest absolute Gasteiger partial charge is 0.0595 e. The molecule has 19 heavy (non-hydrogen) atoms. The summed E-state index contributed by atoms with van der Waals surface area (Å²) in [6, 6.07) is 5.92. The van der Waals surface area contributed by atoms with Crippen LogP contribution in [0.25, 0.3) is 0 Å². The Kier molecular flexibility index (Phi) is 5.48. The highest BCUT2D eigenvalue weighted by molar-refractivity contribution is 6.42. The average Bonchev–Trinajstić information content (AvgIpc) is 2.33. The molecule has 0 bridgehead atoms. The Labute approximate surface area is 124 Å². The van der Waals surface area contributed by atoms with Gasteiger partial charge >= 0.3 is 0 Å². The third kappa shape index (κ3) is 4.33. The molecule has 1 aromatic carbocycles. The molecule has 106 valence electrons. The quantitative estimate of drug-likeness (QED) is 0.898. The van der Waals surface area contributed by atoms with Crippen LogP contribution >= 0.6 is 23.2 Å². The first kappa shape index (κ1) is 15.1. The lowest BCUT2D eigenvalue weighted by atomic mass is 9.92. The summed E-state index contributed by atoms with van der Waals surface area (Å²) < 4.78 is 0. The van der Waals surface area contributed by atoms with E-state index in [1.807, 2.05) is 18.2 Å². The molecule has 2 unspecified atom stereocenters. The van der Waals surface area contributed by atoms with Gasteiger partial charge in [-0.25, -0.2) is 0 Å². The lowest BCUT2D eigenvalue weighted by Crippen LogP contribution is -2.46. The summed E-state index contributed by atoms with van der Waals surface area (Å²) >= 11 is 11.9. The molecule has 2 atom stereocenters. The molecule has 3 nitrogen and oxygen atoms in total. The van der Waals surface area contributed by atoms with Crippen molar-refractivity contribution in [3.05, 3.63) is 33.8 Å². The van der Waals surface area contributed by atoms with Crippen LogP contribution in [0.3, 0.4) is 0 Å². The minimum Gasteiger partial charge on any atom is -0.396 e. The van der Waals surface area contributed by atoms with E-state index < -0.39 is 0 Å². The molecular formula is C14H20Cl2N2O. The largest absolute Gasteiger partial charge is 0.396 e. The zero-order valence-corrected chi connectivity index (χ0v) is 12.4. The van der Waals surface area contributed by atoms with Crippen molar-refractivity contribution in [2.45, 2.75) is 25.4 Å². The standard InChI is InChI=1S/C14H20Cl2N2O/c15-13-2-1-10(6-14(13)16)7-18-8-11(3-4-19)5-12(17)9-18/h1-2,6,11-12,19H,3-5,7-9,17H2. The van der Waals surface area contributed by atoms with E-state index in [4.69, 9.17) is 34.0 Å². The number of likely N-dealkylation sites (tertiary alicyclic amines) is 1. The Bertz CT molecular complexity index is 428. The van der Waals surface area contributed by atoms with Crippen LogP contribution in [0.4, 0.5) is 0 Å². The summed E-state index contributed by atoms with van der Waals surface area (Å²) in [5.41, 5.74) is 7.23. The van der Waals surface area contributed by atoms with E-state index >= 15 is 0 Å². The molecule has 1 saturated heterocycles. The van der Waals surface area contributed by atoms with Crippen molar-refractivity contribution in [1.82, 2.24) is 4.90 Å². The molecule has 3 N–H and O–H groups in total. The van der Waals surface area contributed by atoms with E-state index in [1.165, 1.54) is 0 Å². The summed E-state index contributed by atoms with van der Waals surface area (Å²) in [6.07, 6.45) is 1.82. The van der Waals surface area contributed by atoms with Crippen molar-refractivity contribution in [1.29, 1.82) is 0 Å². The predicted octanol–water partition coefficient (Wildman–Crippen LogP) is 2.53. The Morgan fingerprint density at radius 3 is 2.74 bits per heavy atom. The first-order chi connectivity index (χ1) is 9.08. The van der Waals surface area contributed by atoms with Gasteiger partial charge in [0.2, 0.25) is 0 Å². The van der Waals surface area contributed by atoms with Crippen LogP contribution < -0.4 is 5.73 Å². The average molecular weight is 303 g/mol. The predicted molar refractivity (Wildman–Crippen MR) is 79.5 cm³/mol. The van der Waals surface area contributed by atoms with Gasteiger partial charge in [-0.05, 0) is 36.5 Å². The number of hydrogen-bond donors (Lipinski definition) is 2. The summed E-state index contributed by atoms with van der Waals surface area (Å²) in [5, 5.41) is 10.2. The maximum Gasteiger partial charge on any atom is 0.0595 e. The van der Waals surface area contributed by atoms with E-state index in [9.17, 15) is 0 Å². The fraction of sp³-hybridized carbons (Fsp3) is 0.571. The van der Waals surface area contributed by atoms with E-state index in [0.29, 0.717) is 16.0 Å². The van der Waals surface area contributed by atoms with Crippen LogP contribution in [-0.4, -0.2) is 35.7 Å². The van der Waals surface area contributed by atoms with Crippen molar-refractivity contribution < 1.29 is 5.11 Å². The number of halogens is 2. The minimum atomic E-state index is 0.188. The summed E-state index contributed by atoms with van der Waals surface area (Å²) in [4.78, 5) is 2.33. The number of benzene rings is 1. The van der Waals surface area contributed by atoms with Gasteiger partial charge in [0.1, 0.15) is 0 Å². The van der Waals surface area contributed by atoms with Crippen molar-refractivity contribution in [2.75, 3.05) is 19.7 Å². The molecule has 1 aliphatic heterocycles. The van der Waals surface area contributed by atoms with Gasteiger partial charge in [0, 0.05) is 32.3 Å². The number of nitrogens with two attached hydrogens (primary N) is 1. The second kappa shape index (κ2) is 6.91. The molecule has 0 amide bonds. The van der Waals surface area contributed by atoms with Gasteiger partial charge in [-0.1, -0.05) is 29.3 Å². The van der Waals surface area contributed by atoms with Gasteiger partial charge in [-0.15, -0.1) is 0 Å². The maximum absolute atomic E-state index is 9.06. The van der Waals surface area contributed by atoms with Gasteiger partial charge in [-0.2, -0.15) is 0 Å². The topological polar surface area (TPSA) is 49.5 Å². The van der Waals surface area contributed by atoms with Gasteiger partial charge in [-0.3, -0.25) is 4.90 Å². The molecule has 0 aliphatic carbocycles. The molecule has 1 aliphatic rings. The fourth-order valence-corrected chi connectivity index (χ4v) is 3.09. The second-order valence-corrected chi connectivity index (χ2v) is 6.13. The third-order valence-corrected chi connectivity index (χ3v) is 4.31. The molecule has 0 aromatic heterocycles.